The highest BCUT2D eigenvalue weighted by molar-refractivity contribution is 5.88. The fourth-order valence-corrected chi connectivity index (χ4v) is 3.20. The number of aliphatic hydroxyl groups is 1. The van der Waals surface area contributed by atoms with Crippen LogP contribution in [-0.4, -0.2) is 23.7 Å². The molecule has 0 bridgehead atoms. The van der Waals surface area contributed by atoms with Gasteiger partial charge >= 0.3 is 0 Å². The molecule has 1 amide bonds. The normalized spacial score (nSPS) is 18.2. The SMILES string of the molecule is CCC(O)CCNC(=O)C1(c2ccc(F)cc2F)CCCC1. The fraction of sp³-hybridized carbons (Fsp3) is 0.588. The highest BCUT2D eigenvalue weighted by Gasteiger charge is 2.44. The van der Waals surface area contributed by atoms with E-state index in [9.17, 15) is 18.7 Å². The zero-order valence-corrected chi connectivity index (χ0v) is 12.9. The van der Waals surface area contributed by atoms with Crippen LogP contribution in [0.2, 0.25) is 0 Å². The van der Waals surface area contributed by atoms with Crippen LogP contribution in [0.3, 0.4) is 0 Å². The maximum Gasteiger partial charge on any atom is 0.230 e. The van der Waals surface area contributed by atoms with Gasteiger partial charge in [0, 0.05) is 18.2 Å². The molecule has 2 rings (SSSR count). The minimum atomic E-state index is -0.908. The third kappa shape index (κ3) is 3.46. The number of benzene rings is 1. The first-order valence-corrected chi connectivity index (χ1v) is 7.91. The summed E-state index contributed by atoms with van der Waals surface area (Å²) in [5.41, 5.74) is -0.630. The Labute approximate surface area is 129 Å². The first-order chi connectivity index (χ1) is 10.5. The Hall–Kier alpha value is -1.49. The van der Waals surface area contributed by atoms with Gasteiger partial charge in [-0.25, -0.2) is 8.78 Å². The van der Waals surface area contributed by atoms with Gasteiger partial charge in [0.2, 0.25) is 5.91 Å². The smallest absolute Gasteiger partial charge is 0.230 e. The molecule has 1 aromatic rings. The van der Waals surface area contributed by atoms with Crippen molar-refractivity contribution in [3.8, 4) is 0 Å². The van der Waals surface area contributed by atoms with Crippen molar-refractivity contribution in [3.63, 3.8) is 0 Å². The molecule has 0 radical (unpaired) electrons. The van der Waals surface area contributed by atoms with Crippen LogP contribution < -0.4 is 5.32 Å². The van der Waals surface area contributed by atoms with Crippen molar-refractivity contribution in [1.82, 2.24) is 5.32 Å². The van der Waals surface area contributed by atoms with Crippen LogP contribution in [0.25, 0.3) is 0 Å². The van der Waals surface area contributed by atoms with Crippen LogP contribution in [0.5, 0.6) is 0 Å². The Kier molecular flexibility index (Phi) is 5.51. The Balaban J connectivity index is 2.16. The number of aliphatic hydroxyl groups excluding tert-OH is 1. The maximum absolute atomic E-state index is 14.2. The number of carbonyl (C=O) groups is 1. The summed E-state index contributed by atoms with van der Waals surface area (Å²) in [6.45, 7) is 2.23. The van der Waals surface area contributed by atoms with Crippen molar-refractivity contribution >= 4 is 5.91 Å². The standard InChI is InChI=1S/C17H23F2NO2/c1-2-13(21)7-10-20-16(22)17(8-3-4-9-17)14-6-5-12(18)11-15(14)19/h5-6,11,13,21H,2-4,7-10H2,1H3,(H,20,22). The molecule has 5 heteroatoms. The molecule has 122 valence electrons. The van der Waals surface area contributed by atoms with E-state index in [1.807, 2.05) is 6.92 Å². The molecular formula is C17H23F2NO2. The van der Waals surface area contributed by atoms with Crippen LogP contribution in [0.4, 0.5) is 8.78 Å². The monoisotopic (exact) mass is 311 g/mol. The molecule has 1 saturated carbocycles. The molecular weight excluding hydrogens is 288 g/mol. The number of amides is 1. The molecule has 1 atom stereocenters. The van der Waals surface area contributed by atoms with Crippen molar-refractivity contribution in [2.75, 3.05) is 6.54 Å². The topological polar surface area (TPSA) is 49.3 Å². The molecule has 1 fully saturated rings. The lowest BCUT2D eigenvalue weighted by molar-refractivity contribution is -0.126. The van der Waals surface area contributed by atoms with Crippen molar-refractivity contribution in [2.24, 2.45) is 0 Å². The Bertz CT molecular complexity index is 527. The molecule has 1 aromatic carbocycles. The number of hydrogen-bond donors (Lipinski definition) is 2. The largest absolute Gasteiger partial charge is 0.393 e. The van der Waals surface area contributed by atoms with E-state index in [-0.39, 0.29) is 11.5 Å². The second kappa shape index (κ2) is 7.18. The first kappa shape index (κ1) is 16.9. The van der Waals surface area contributed by atoms with Crippen LogP contribution in [-0.2, 0) is 10.2 Å². The van der Waals surface area contributed by atoms with Gasteiger partial charge in [-0.3, -0.25) is 4.79 Å². The first-order valence-electron chi connectivity index (χ1n) is 7.91. The Morgan fingerprint density at radius 2 is 2.05 bits per heavy atom. The van der Waals surface area contributed by atoms with Gasteiger partial charge in [-0.15, -0.1) is 0 Å². The van der Waals surface area contributed by atoms with Gasteiger partial charge < -0.3 is 10.4 Å². The number of nitrogens with one attached hydrogen (secondary N) is 1. The molecule has 1 aliphatic carbocycles. The van der Waals surface area contributed by atoms with E-state index in [1.54, 1.807) is 0 Å². The van der Waals surface area contributed by atoms with E-state index < -0.39 is 23.2 Å². The summed E-state index contributed by atoms with van der Waals surface area (Å²) < 4.78 is 27.3. The molecule has 3 nitrogen and oxygen atoms in total. The number of carbonyl (C=O) groups excluding carboxylic acids is 1. The van der Waals surface area contributed by atoms with Crippen LogP contribution in [0, 0.1) is 11.6 Å². The summed E-state index contributed by atoms with van der Waals surface area (Å²) >= 11 is 0. The van der Waals surface area contributed by atoms with Gasteiger partial charge in [-0.05, 0) is 31.7 Å². The highest BCUT2D eigenvalue weighted by atomic mass is 19.1. The van der Waals surface area contributed by atoms with E-state index in [0.29, 0.717) is 32.2 Å². The molecule has 0 saturated heterocycles. The van der Waals surface area contributed by atoms with Crippen molar-refractivity contribution in [1.29, 1.82) is 0 Å². The zero-order valence-electron chi connectivity index (χ0n) is 12.9. The van der Waals surface area contributed by atoms with Crippen molar-refractivity contribution in [3.05, 3.63) is 35.4 Å². The van der Waals surface area contributed by atoms with Crippen LogP contribution >= 0.6 is 0 Å². The average molecular weight is 311 g/mol. The lowest BCUT2D eigenvalue weighted by atomic mass is 9.77. The Morgan fingerprint density at radius 3 is 2.64 bits per heavy atom. The fourth-order valence-electron chi connectivity index (χ4n) is 3.20. The summed E-state index contributed by atoms with van der Waals surface area (Å²) in [6.07, 6.45) is 3.50. The summed E-state index contributed by atoms with van der Waals surface area (Å²) in [4.78, 5) is 12.6. The van der Waals surface area contributed by atoms with E-state index in [0.717, 1.165) is 18.9 Å². The van der Waals surface area contributed by atoms with Gasteiger partial charge in [0.15, 0.2) is 0 Å². The Morgan fingerprint density at radius 1 is 1.36 bits per heavy atom. The molecule has 1 aliphatic rings. The summed E-state index contributed by atoms with van der Waals surface area (Å²) in [5.74, 6) is -1.52. The minimum Gasteiger partial charge on any atom is -0.393 e. The van der Waals surface area contributed by atoms with Gasteiger partial charge in [-0.1, -0.05) is 25.8 Å². The number of rotatable bonds is 6. The predicted molar refractivity (Wildman–Crippen MR) is 80.4 cm³/mol. The molecule has 2 N–H and O–H groups in total. The predicted octanol–water partition coefficient (Wildman–Crippen LogP) is 3.05. The van der Waals surface area contributed by atoms with Gasteiger partial charge in [-0.2, -0.15) is 0 Å². The lowest BCUT2D eigenvalue weighted by Crippen LogP contribution is -2.44. The van der Waals surface area contributed by atoms with Gasteiger partial charge in [0.25, 0.3) is 0 Å². The second-order valence-electron chi connectivity index (χ2n) is 6.02. The molecule has 0 spiro atoms. The molecule has 0 heterocycles. The molecule has 0 aliphatic heterocycles. The molecule has 1 unspecified atom stereocenters. The molecule has 22 heavy (non-hydrogen) atoms. The van der Waals surface area contributed by atoms with Crippen LogP contribution in [0.1, 0.15) is 51.0 Å². The van der Waals surface area contributed by atoms with Crippen molar-refractivity contribution < 1.29 is 18.7 Å². The second-order valence-corrected chi connectivity index (χ2v) is 6.02. The summed E-state index contributed by atoms with van der Waals surface area (Å²) in [6, 6.07) is 3.42. The van der Waals surface area contributed by atoms with Gasteiger partial charge in [0.1, 0.15) is 11.6 Å². The minimum absolute atomic E-state index is 0.223. The maximum atomic E-state index is 14.2. The lowest BCUT2D eigenvalue weighted by Gasteiger charge is -2.29. The summed E-state index contributed by atoms with van der Waals surface area (Å²) in [7, 11) is 0. The van der Waals surface area contributed by atoms with E-state index in [1.165, 1.54) is 12.1 Å². The third-order valence-corrected chi connectivity index (χ3v) is 4.57. The van der Waals surface area contributed by atoms with Crippen LogP contribution in [0.15, 0.2) is 18.2 Å². The third-order valence-electron chi connectivity index (χ3n) is 4.57. The zero-order chi connectivity index (χ0) is 16.2. The van der Waals surface area contributed by atoms with E-state index in [2.05, 4.69) is 5.32 Å². The summed E-state index contributed by atoms with van der Waals surface area (Å²) in [5, 5.41) is 12.4. The quantitative estimate of drug-likeness (QED) is 0.848. The van der Waals surface area contributed by atoms with Gasteiger partial charge in [0.05, 0.1) is 11.5 Å². The van der Waals surface area contributed by atoms with E-state index in [4.69, 9.17) is 0 Å². The highest BCUT2D eigenvalue weighted by Crippen LogP contribution is 2.42. The average Bonchev–Trinajstić information content (AvgIpc) is 2.97. The molecule has 0 aromatic heterocycles. The van der Waals surface area contributed by atoms with E-state index >= 15 is 0 Å². The van der Waals surface area contributed by atoms with Crippen molar-refractivity contribution in [2.45, 2.75) is 57.0 Å². The number of hydrogen-bond acceptors (Lipinski definition) is 2. The number of halogens is 2.